The van der Waals surface area contributed by atoms with Gasteiger partial charge >= 0.3 is 0 Å². The van der Waals surface area contributed by atoms with Gasteiger partial charge in [0.05, 0.1) is 11.6 Å². The number of nitrogens with two attached hydrogens (primary N) is 1. The third-order valence-electron chi connectivity index (χ3n) is 2.31. The van der Waals surface area contributed by atoms with Crippen molar-refractivity contribution in [2.75, 3.05) is 19.7 Å². The first-order valence-corrected chi connectivity index (χ1v) is 6.11. The van der Waals surface area contributed by atoms with Crippen LogP contribution in [0.15, 0.2) is 43.5 Å². The molecule has 3 heteroatoms. The monoisotopic (exact) mass is 252 g/mol. The van der Waals surface area contributed by atoms with Gasteiger partial charge in [0.15, 0.2) is 0 Å². The Morgan fingerprint density at radius 2 is 2.12 bits per heavy atom. The summed E-state index contributed by atoms with van der Waals surface area (Å²) in [6.45, 7) is 9.84. The van der Waals surface area contributed by atoms with Gasteiger partial charge in [-0.3, -0.25) is 0 Å². The molecule has 0 unspecified atom stereocenters. The molecular formula is C14H19ClNO+. The average molecular weight is 253 g/mol. The molecule has 0 bridgehead atoms. The number of quaternary nitrogens is 1. The van der Waals surface area contributed by atoms with Crippen LogP contribution in [0.4, 0.5) is 0 Å². The number of hydrogen-bond acceptors (Lipinski definition) is 1. The average Bonchev–Trinajstić information content (AvgIpc) is 2.32. The fraction of sp³-hybridized carbons (Fsp3) is 0.286. The zero-order chi connectivity index (χ0) is 12.5. The molecule has 1 rings (SSSR count). The molecule has 0 aliphatic heterocycles. The van der Waals surface area contributed by atoms with Crippen molar-refractivity contribution in [3.63, 3.8) is 0 Å². The van der Waals surface area contributed by atoms with Gasteiger partial charge < -0.3 is 10.1 Å². The molecule has 0 aromatic heterocycles. The third kappa shape index (κ3) is 4.63. The van der Waals surface area contributed by atoms with Gasteiger partial charge in [0.2, 0.25) is 0 Å². The number of rotatable bonds is 8. The van der Waals surface area contributed by atoms with Crippen molar-refractivity contribution in [2.24, 2.45) is 0 Å². The van der Waals surface area contributed by atoms with E-state index in [0.29, 0.717) is 11.6 Å². The summed E-state index contributed by atoms with van der Waals surface area (Å²) < 4.78 is 5.72. The van der Waals surface area contributed by atoms with Crippen molar-refractivity contribution >= 4 is 11.6 Å². The van der Waals surface area contributed by atoms with Crippen LogP contribution in [0.5, 0.6) is 5.75 Å². The van der Waals surface area contributed by atoms with Crippen LogP contribution in [-0.4, -0.2) is 19.7 Å². The summed E-state index contributed by atoms with van der Waals surface area (Å²) in [6.07, 6.45) is 4.49. The second-order valence-corrected chi connectivity index (χ2v) is 4.08. The maximum absolute atomic E-state index is 6.12. The minimum atomic E-state index is 0.641. The molecule has 0 saturated carbocycles. The zero-order valence-corrected chi connectivity index (χ0v) is 10.7. The van der Waals surface area contributed by atoms with Crippen molar-refractivity contribution in [3.05, 3.63) is 54.1 Å². The van der Waals surface area contributed by atoms with Crippen LogP contribution in [0, 0.1) is 0 Å². The van der Waals surface area contributed by atoms with Crippen LogP contribution in [0.3, 0.4) is 0 Å². The van der Waals surface area contributed by atoms with Gasteiger partial charge in [-0.25, -0.2) is 0 Å². The number of ether oxygens (including phenoxy) is 1. The number of benzene rings is 1. The summed E-state index contributed by atoms with van der Waals surface area (Å²) >= 11 is 6.12. The van der Waals surface area contributed by atoms with Crippen LogP contribution in [0.2, 0.25) is 5.02 Å². The molecule has 1 aromatic carbocycles. The Morgan fingerprint density at radius 1 is 1.29 bits per heavy atom. The SMILES string of the molecule is C=CC[NH2+]CCOc1c(Cl)cccc1CC=C. The quantitative estimate of drug-likeness (QED) is 0.557. The lowest BCUT2D eigenvalue weighted by atomic mass is 10.1. The van der Waals surface area contributed by atoms with Crippen LogP contribution in [0.25, 0.3) is 0 Å². The molecule has 0 aliphatic rings. The number of hydrogen-bond donors (Lipinski definition) is 1. The largest absolute Gasteiger partial charge is 0.486 e. The number of halogens is 1. The second-order valence-electron chi connectivity index (χ2n) is 3.67. The van der Waals surface area contributed by atoms with Gasteiger partial charge in [0.25, 0.3) is 0 Å². The van der Waals surface area contributed by atoms with E-state index in [-0.39, 0.29) is 0 Å². The molecule has 0 atom stereocenters. The Labute approximate surface area is 108 Å². The predicted octanol–water partition coefficient (Wildman–Crippen LogP) is 2.20. The van der Waals surface area contributed by atoms with Crippen molar-refractivity contribution in [2.45, 2.75) is 6.42 Å². The first kappa shape index (κ1) is 13.8. The highest BCUT2D eigenvalue weighted by Gasteiger charge is 2.07. The maximum atomic E-state index is 6.12. The fourth-order valence-corrected chi connectivity index (χ4v) is 1.76. The zero-order valence-electron chi connectivity index (χ0n) is 9.99. The lowest BCUT2D eigenvalue weighted by molar-refractivity contribution is -0.646. The van der Waals surface area contributed by atoms with Crippen molar-refractivity contribution in [3.8, 4) is 5.75 Å². The summed E-state index contributed by atoms with van der Waals surface area (Å²) in [5.41, 5.74) is 1.08. The number of para-hydroxylation sites is 1. The Kier molecular flexibility index (Phi) is 6.45. The number of allylic oxidation sites excluding steroid dienone is 1. The summed E-state index contributed by atoms with van der Waals surface area (Å²) in [7, 11) is 0. The van der Waals surface area contributed by atoms with E-state index in [1.807, 2.05) is 30.4 Å². The summed E-state index contributed by atoms with van der Waals surface area (Å²) in [5, 5.41) is 2.80. The minimum Gasteiger partial charge on any atom is -0.486 e. The van der Waals surface area contributed by atoms with Gasteiger partial charge in [-0.15, -0.1) is 6.58 Å². The van der Waals surface area contributed by atoms with Gasteiger partial charge in [-0.1, -0.05) is 36.4 Å². The second kappa shape index (κ2) is 7.93. The molecule has 2 nitrogen and oxygen atoms in total. The molecular weight excluding hydrogens is 234 g/mol. The lowest BCUT2D eigenvalue weighted by Crippen LogP contribution is -2.85. The maximum Gasteiger partial charge on any atom is 0.141 e. The highest BCUT2D eigenvalue weighted by molar-refractivity contribution is 6.32. The van der Waals surface area contributed by atoms with E-state index in [9.17, 15) is 0 Å². The van der Waals surface area contributed by atoms with Crippen LogP contribution >= 0.6 is 11.6 Å². The van der Waals surface area contributed by atoms with Gasteiger partial charge in [0, 0.05) is 0 Å². The van der Waals surface area contributed by atoms with E-state index in [1.54, 1.807) is 0 Å². The predicted molar refractivity (Wildman–Crippen MR) is 72.7 cm³/mol. The Bertz CT molecular complexity index is 376. The van der Waals surface area contributed by atoms with Crippen molar-refractivity contribution in [1.29, 1.82) is 0 Å². The lowest BCUT2D eigenvalue weighted by Gasteiger charge is -2.11. The molecule has 92 valence electrons. The molecule has 0 saturated heterocycles. The van der Waals surface area contributed by atoms with E-state index in [2.05, 4.69) is 18.5 Å². The molecule has 0 spiro atoms. The van der Waals surface area contributed by atoms with E-state index >= 15 is 0 Å². The van der Waals surface area contributed by atoms with Gasteiger partial charge in [0.1, 0.15) is 18.9 Å². The Hall–Kier alpha value is -1.25. The van der Waals surface area contributed by atoms with E-state index in [1.165, 1.54) is 0 Å². The van der Waals surface area contributed by atoms with Crippen LogP contribution < -0.4 is 10.1 Å². The topological polar surface area (TPSA) is 25.8 Å². The van der Waals surface area contributed by atoms with E-state index in [0.717, 1.165) is 30.8 Å². The summed E-state index contributed by atoms with van der Waals surface area (Å²) in [6, 6.07) is 5.78. The van der Waals surface area contributed by atoms with Crippen molar-refractivity contribution in [1.82, 2.24) is 0 Å². The smallest absolute Gasteiger partial charge is 0.141 e. The molecule has 17 heavy (non-hydrogen) atoms. The van der Waals surface area contributed by atoms with Crippen molar-refractivity contribution < 1.29 is 10.1 Å². The highest BCUT2D eigenvalue weighted by atomic mass is 35.5. The Balaban J connectivity index is 2.55. The third-order valence-corrected chi connectivity index (χ3v) is 2.61. The molecule has 2 N–H and O–H groups in total. The standard InChI is InChI=1S/C14H18ClNO/c1-3-6-12-7-5-8-13(15)14(12)17-11-10-16-9-4-2/h3-5,7-8,16H,1-2,6,9-11H2/p+1. The molecule has 1 aromatic rings. The molecule has 0 aliphatic carbocycles. The van der Waals surface area contributed by atoms with Gasteiger partial charge in [-0.05, 0) is 24.1 Å². The van der Waals surface area contributed by atoms with Crippen LogP contribution in [-0.2, 0) is 6.42 Å². The first-order chi connectivity index (χ1) is 8.29. The van der Waals surface area contributed by atoms with Crippen LogP contribution in [0.1, 0.15) is 5.56 Å². The summed E-state index contributed by atoms with van der Waals surface area (Å²) in [5.74, 6) is 0.779. The first-order valence-electron chi connectivity index (χ1n) is 5.73. The highest BCUT2D eigenvalue weighted by Crippen LogP contribution is 2.28. The summed E-state index contributed by atoms with van der Waals surface area (Å²) in [4.78, 5) is 0. The molecule has 0 amide bonds. The normalized spacial score (nSPS) is 9.94. The fourth-order valence-electron chi connectivity index (χ4n) is 1.51. The molecule has 0 fully saturated rings. The Morgan fingerprint density at radius 3 is 2.82 bits per heavy atom. The van der Waals surface area contributed by atoms with E-state index < -0.39 is 0 Å². The molecule has 0 heterocycles. The van der Waals surface area contributed by atoms with E-state index in [4.69, 9.17) is 16.3 Å². The minimum absolute atomic E-state index is 0.641. The molecule has 0 radical (unpaired) electrons. The van der Waals surface area contributed by atoms with Gasteiger partial charge in [-0.2, -0.15) is 0 Å².